The molecule has 6 nitrogen and oxygen atoms in total. The van der Waals surface area contributed by atoms with Gasteiger partial charge in [0.15, 0.2) is 0 Å². The monoisotopic (exact) mass is 565 g/mol. The molecule has 0 radical (unpaired) electrons. The van der Waals surface area contributed by atoms with Crippen molar-refractivity contribution in [3.63, 3.8) is 0 Å². The topological polar surface area (TPSA) is 74.9 Å². The minimum atomic E-state index is -0.151. The Labute approximate surface area is 238 Å². The number of rotatable bonds is 5. The lowest BCUT2D eigenvalue weighted by molar-refractivity contribution is 0.213. The zero-order valence-corrected chi connectivity index (χ0v) is 23.6. The Morgan fingerprint density at radius 1 is 1.08 bits per heavy atom. The third kappa shape index (κ3) is 5.32. The number of halogens is 3. The summed E-state index contributed by atoms with van der Waals surface area (Å²) in [6, 6.07) is 17.3. The second kappa shape index (κ2) is 12.3. The van der Waals surface area contributed by atoms with E-state index in [4.69, 9.17) is 15.5 Å². The summed E-state index contributed by atoms with van der Waals surface area (Å²) < 4.78 is 6.47. The Morgan fingerprint density at radius 2 is 1.84 bits per heavy atom. The predicted octanol–water partition coefficient (Wildman–Crippen LogP) is 5.11. The van der Waals surface area contributed by atoms with Gasteiger partial charge in [-0.1, -0.05) is 37.3 Å². The van der Waals surface area contributed by atoms with E-state index in [9.17, 15) is 0 Å². The zero-order valence-electron chi connectivity index (χ0n) is 21.2. The molecule has 3 aliphatic heterocycles. The van der Waals surface area contributed by atoms with Crippen molar-refractivity contribution < 1.29 is 4.74 Å². The molecule has 1 aliphatic carbocycles. The number of fused-ring (bicyclic) bond motifs is 3. The van der Waals surface area contributed by atoms with Crippen molar-refractivity contribution in [2.75, 3.05) is 31.1 Å². The van der Waals surface area contributed by atoms with Gasteiger partial charge in [-0.3, -0.25) is 4.99 Å². The standard InChI is InChI=1S/C28H35N5O.3ClH/c1-19-7-9-23-26(19)27(32-18-31-23)33-17-28(11-13-30-14-12-28)22-15-21(8-10-24(22)33)34-25(16-29)20-5-3-2-4-6-20;;;/h2-6,8,10,15,18-19,23,25,30H,7,9,11-14,16-17,29H2,1H3,(H,31,32);3*1H/t19?,23-,25?;;;/m1.../s1. The number of aliphatic imine (C=N–C) groups is 1. The normalized spacial score (nSPS) is 23.7. The highest BCUT2D eigenvalue weighted by Gasteiger charge is 2.46. The van der Waals surface area contributed by atoms with Crippen LogP contribution in [0.2, 0.25) is 0 Å². The summed E-state index contributed by atoms with van der Waals surface area (Å²) in [6.07, 6.45) is 6.40. The van der Waals surface area contributed by atoms with Crippen LogP contribution in [-0.2, 0) is 5.41 Å². The largest absolute Gasteiger partial charge is 0.484 e. The summed E-state index contributed by atoms with van der Waals surface area (Å²) in [5, 5.41) is 7.12. The van der Waals surface area contributed by atoms with Gasteiger partial charge in [0, 0.05) is 24.2 Å². The van der Waals surface area contributed by atoms with Gasteiger partial charge in [-0.05, 0) is 79.6 Å². The van der Waals surface area contributed by atoms with Crippen LogP contribution in [0.25, 0.3) is 0 Å². The Bertz CT molecular complexity index is 1120. The van der Waals surface area contributed by atoms with Crippen LogP contribution in [0.15, 0.2) is 64.9 Å². The van der Waals surface area contributed by atoms with E-state index in [1.165, 1.54) is 29.1 Å². The van der Waals surface area contributed by atoms with Crippen LogP contribution in [0.4, 0.5) is 5.69 Å². The quantitative estimate of drug-likeness (QED) is 0.469. The maximum Gasteiger partial charge on any atom is 0.136 e. The number of nitrogens with one attached hydrogen (secondary N) is 2. The average Bonchev–Trinajstić information content (AvgIpc) is 3.41. The zero-order chi connectivity index (χ0) is 23.1. The molecule has 1 saturated carbocycles. The third-order valence-corrected chi connectivity index (χ3v) is 8.28. The lowest BCUT2D eigenvalue weighted by Gasteiger charge is -2.36. The number of hydrogen-bond acceptors (Lipinski definition) is 6. The van der Waals surface area contributed by atoms with Crippen LogP contribution in [0.5, 0.6) is 5.75 Å². The summed E-state index contributed by atoms with van der Waals surface area (Å²) in [6.45, 7) is 5.90. The second-order valence-corrected chi connectivity index (χ2v) is 10.3. The first-order valence-corrected chi connectivity index (χ1v) is 12.8. The fraction of sp³-hybridized carbons (Fsp3) is 0.464. The average molecular weight is 567 g/mol. The fourth-order valence-electron chi connectivity index (χ4n) is 6.44. The van der Waals surface area contributed by atoms with Gasteiger partial charge in [0.2, 0.25) is 0 Å². The number of nitrogens with zero attached hydrogens (tertiary/aromatic N) is 2. The van der Waals surface area contributed by atoms with Gasteiger partial charge in [0.25, 0.3) is 0 Å². The SMILES string of the molecule is CC1CC[C@H]2N=CNC(N3CC4(CCNCC4)c4cc(OC(CN)c5ccccc5)ccc43)=C12.Cl.Cl.Cl. The van der Waals surface area contributed by atoms with Crippen molar-refractivity contribution in [2.45, 2.75) is 50.2 Å². The van der Waals surface area contributed by atoms with Gasteiger partial charge < -0.3 is 26.0 Å². The van der Waals surface area contributed by atoms with E-state index in [1.54, 1.807) is 0 Å². The molecule has 0 amide bonds. The first kappa shape index (κ1) is 29.6. The number of anilines is 1. The second-order valence-electron chi connectivity index (χ2n) is 10.3. The number of nitrogens with two attached hydrogens (primary N) is 1. The maximum absolute atomic E-state index is 6.47. The van der Waals surface area contributed by atoms with Gasteiger partial charge >= 0.3 is 0 Å². The molecule has 6 rings (SSSR count). The first-order chi connectivity index (χ1) is 16.7. The molecule has 37 heavy (non-hydrogen) atoms. The lowest BCUT2D eigenvalue weighted by Crippen LogP contribution is -2.45. The van der Waals surface area contributed by atoms with Crippen molar-refractivity contribution in [1.82, 2.24) is 10.6 Å². The first-order valence-electron chi connectivity index (χ1n) is 12.8. The Balaban J connectivity index is 0.00000127. The lowest BCUT2D eigenvalue weighted by atomic mass is 9.75. The molecule has 3 heterocycles. The molecule has 4 aliphatic rings. The number of ether oxygens (including phenoxy) is 1. The van der Waals surface area contributed by atoms with E-state index < -0.39 is 0 Å². The molecule has 0 bridgehead atoms. The number of piperidine rings is 1. The molecular formula is C28H38Cl3N5O. The van der Waals surface area contributed by atoms with E-state index in [2.05, 4.69) is 52.8 Å². The van der Waals surface area contributed by atoms with Crippen LogP contribution >= 0.6 is 37.2 Å². The Morgan fingerprint density at radius 3 is 2.57 bits per heavy atom. The fourth-order valence-corrected chi connectivity index (χ4v) is 6.44. The highest BCUT2D eigenvalue weighted by molar-refractivity contribution is 5.86. The molecule has 3 atom stereocenters. The van der Waals surface area contributed by atoms with E-state index in [-0.39, 0.29) is 48.7 Å². The van der Waals surface area contributed by atoms with Gasteiger partial charge in [-0.15, -0.1) is 37.2 Å². The van der Waals surface area contributed by atoms with E-state index in [0.717, 1.165) is 50.2 Å². The molecular weight excluding hydrogens is 529 g/mol. The summed E-state index contributed by atoms with van der Waals surface area (Å²) >= 11 is 0. The predicted molar refractivity (Wildman–Crippen MR) is 159 cm³/mol. The number of hydrogen-bond donors (Lipinski definition) is 3. The molecule has 2 aromatic rings. The van der Waals surface area contributed by atoms with Crippen LogP contribution in [-0.4, -0.2) is 38.6 Å². The van der Waals surface area contributed by atoms with Crippen LogP contribution < -0.4 is 26.0 Å². The molecule has 202 valence electrons. The summed E-state index contributed by atoms with van der Waals surface area (Å²) in [5.41, 5.74) is 11.6. The van der Waals surface area contributed by atoms with Gasteiger partial charge in [0.1, 0.15) is 17.7 Å². The highest BCUT2D eigenvalue weighted by Crippen LogP contribution is 2.50. The minimum Gasteiger partial charge on any atom is -0.484 e. The Hall–Kier alpha value is -1.96. The summed E-state index contributed by atoms with van der Waals surface area (Å²) in [4.78, 5) is 7.29. The molecule has 1 spiro atoms. The van der Waals surface area contributed by atoms with Gasteiger partial charge in [-0.25, -0.2) is 0 Å². The van der Waals surface area contributed by atoms with Crippen LogP contribution in [0, 0.1) is 5.92 Å². The molecule has 2 aromatic carbocycles. The molecule has 2 fully saturated rings. The number of benzene rings is 2. The van der Waals surface area contributed by atoms with Crippen LogP contribution in [0.1, 0.15) is 49.8 Å². The van der Waals surface area contributed by atoms with Crippen molar-refractivity contribution in [1.29, 1.82) is 0 Å². The molecule has 2 unspecified atom stereocenters. The van der Waals surface area contributed by atoms with Crippen molar-refractivity contribution in [3.8, 4) is 5.75 Å². The molecule has 4 N–H and O–H groups in total. The Kier molecular flexibility index (Phi) is 9.81. The molecule has 0 aromatic heterocycles. The highest BCUT2D eigenvalue weighted by atomic mass is 35.5. The van der Waals surface area contributed by atoms with E-state index >= 15 is 0 Å². The van der Waals surface area contributed by atoms with Crippen LogP contribution in [0.3, 0.4) is 0 Å². The van der Waals surface area contributed by atoms with Crippen molar-refractivity contribution in [3.05, 3.63) is 71.1 Å². The molecule has 1 saturated heterocycles. The van der Waals surface area contributed by atoms with E-state index in [1.807, 2.05) is 24.5 Å². The molecule has 9 heteroatoms. The van der Waals surface area contributed by atoms with Gasteiger partial charge in [-0.2, -0.15) is 0 Å². The van der Waals surface area contributed by atoms with Gasteiger partial charge in [0.05, 0.1) is 12.4 Å². The van der Waals surface area contributed by atoms with Crippen molar-refractivity contribution in [2.24, 2.45) is 16.6 Å². The summed E-state index contributed by atoms with van der Waals surface area (Å²) in [5.74, 6) is 2.73. The smallest absolute Gasteiger partial charge is 0.136 e. The summed E-state index contributed by atoms with van der Waals surface area (Å²) in [7, 11) is 0. The maximum atomic E-state index is 6.47. The minimum absolute atomic E-state index is 0. The van der Waals surface area contributed by atoms with E-state index in [0.29, 0.717) is 18.5 Å². The van der Waals surface area contributed by atoms with Crippen molar-refractivity contribution >= 4 is 49.2 Å². The third-order valence-electron chi connectivity index (χ3n) is 8.28.